The third-order valence-electron chi connectivity index (χ3n) is 3.04. The average molecular weight is 263 g/mol. The Morgan fingerprint density at radius 3 is 2.74 bits per heavy atom. The summed E-state index contributed by atoms with van der Waals surface area (Å²) in [5.41, 5.74) is 0.929. The number of imidazole rings is 1. The molecule has 2 aromatic heterocycles. The van der Waals surface area contributed by atoms with Gasteiger partial charge in [-0.25, -0.2) is 9.78 Å². The van der Waals surface area contributed by atoms with Crippen LogP contribution in [-0.4, -0.2) is 42.4 Å². The molecule has 7 heteroatoms. The fourth-order valence-corrected chi connectivity index (χ4v) is 1.93. The van der Waals surface area contributed by atoms with Gasteiger partial charge in [0.05, 0.1) is 18.4 Å². The van der Waals surface area contributed by atoms with Gasteiger partial charge in [-0.15, -0.1) is 0 Å². The molecule has 0 bridgehead atoms. The number of aromatic carboxylic acids is 1. The van der Waals surface area contributed by atoms with Gasteiger partial charge in [0.15, 0.2) is 0 Å². The number of hydrogen-bond acceptors (Lipinski definition) is 4. The molecule has 7 nitrogen and oxygen atoms in total. The van der Waals surface area contributed by atoms with E-state index in [2.05, 4.69) is 10.1 Å². The number of carboxylic acids is 1. The number of rotatable bonds is 5. The Hall–Kier alpha value is -2.15. The smallest absolute Gasteiger partial charge is 0.339 e. The van der Waals surface area contributed by atoms with E-state index in [1.165, 1.54) is 6.20 Å². The lowest BCUT2D eigenvalue weighted by molar-refractivity contribution is 0.0694. The van der Waals surface area contributed by atoms with Gasteiger partial charge < -0.3 is 9.67 Å². The molecule has 0 radical (unpaired) electrons. The number of aryl methyl sites for hydroxylation is 2. The zero-order chi connectivity index (χ0) is 14.0. The first-order valence-corrected chi connectivity index (χ1v) is 5.88. The molecule has 0 saturated carbocycles. The predicted octanol–water partition coefficient (Wildman–Crippen LogP) is 0.484. The lowest BCUT2D eigenvalue weighted by Gasteiger charge is -2.17. The maximum absolute atomic E-state index is 11.1. The summed E-state index contributed by atoms with van der Waals surface area (Å²) in [5, 5.41) is 13.1. The summed E-state index contributed by atoms with van der Waals surface area (Å²) in [4.78, 5) is 17.4. The lowest BCUT2D eigenvalue weighted by atomic mass is 10.2. The molecular weight excluding hydrogens is 246 g/mol. The molecule has 0 unspecified atom stereocenters. The topological polar surface area (TPSA) is 76.2 Å². The summed E-state index contributed by atoms with van der Waals surface area (Å²) < 4.78 is 3.54. The second kappa shape index (κ2) is 5.23. The minimum absolute atomic E-state index is 0.245. The van der Waals surface area contributed by atoms with Crippen molar-refractivity contribution < 1.29 is 9.90 Å². The van der Waals surface area contributed by atoms with Crippen LogP contribution >= 0.6 is 0 Å². The van der Waals surface area contributed by atoms with Crippen molar-refractivity contribution in [2.75, 3.05) is 7.05 Å². The Kier molecular flexibility index (Phi) is 3.66. The summed E-state index contributed by atoms with van der Waals surface area (Å²) in [5.74, 6) is -0.0185. The number of carbonyl (C=O) groups is 1. The molecule has 0 spiro atoms. The van der Waals surface area contributed by atoms with Crippen molar-refractivity contribution in [3.8, 4) is 0 Å². The summed E-state index contributed by atoms with van der Waals surface area (Å²) in [6.45, 7) is 1.15. The highest BCUT2D eigenvalue weighted by atomic mass is 16.4. The second-order valence-corrected chi connectivity index (χ2v) is 4.56. The molecule has 2 rings (SSSR count). The molecule has 2 aromatic rings. The van der Waals surface area contributed by atoms with Crippen molar-refractivity contribution in [3.05, 3.63) is 35.7 Å². The fraction of sp³-hybridized carbons (Fsp3) is 0.417. The Bertz CT molecular complexity index is 587. The van der Waals surface area contributed by atoms with E-state index in [1.807, 2.05) is 29.8 Å². The summed E-state index contributed by atoms with van der Waals surface area (Å²) in [7, 11) is 5.60. The molecule has 2 heterocycles. The minimum Gasteiger partial charge on any atom is -0.478 e. The third kappa shape index (κ3) is 2.82. The van der Waals surface area contributed by atoms with Crippen molar-refractivity contribution in [1.82, 2.24) is 24.2 Å². The Labute approximate surface area is 111 Å². The van der Waals surface area contributed by atoms with E-state index in [0.717, 1.165) is 5.82 Å². The van der Waals surface area contributed by atoms with Gasteiger partial charge in [0.2, 0.25) is 0 Å². The maximum Gasteiger partial charge on any atom is 0.339 e. The molecule has 1 N–H and O–H groups in total. The third-order valence-corrected chi connectivity index (χ3v) is 3.04. The van der Waals surface area contributed by atoms with Crippen LogP contribution in [0.1, 0.15) is 21.9 Å². The SMILES string of the molecule is CN(Cc1nccn1C)Cc1c(C(=O)O)cnn1C. The van der Waals surface area contributed by atoms with E-state index < -0.39 is 5.97 Å². The fourth-order valence-electron chi connectivity index (χ4n) is 1.93. The second-order valence-electron chi connectivity index (χ2n) is 4.56. The van der Waals surface area contributed by atoms with Crippen molar-refractivity contribution in [1.29, 1.82) is 0 Å². The highest BCUT2D eigenvalue weighted by molar-refractivity contribution is 5.88. The highest BCUT2D eigenvalue weighted by Gasteiger charge is 2.17. The summed E-state index contributed by atoms with van der Waals surface area (Å²) >= 11 is 0. The van der Waals surface area contributed by atoms with Crippen molar-refractivity contribution in [3.63, 3.8) is 0 Å². The molecule has 19 heavy (non-hydrogen) atoms. The van der Waals surface area contributed by atoms with E-state index in [9.17, 15) is 4.79 Å². The number of carboxylic acid groups (broad SMARTS) is 1. The van der Waals surface area contributed by atoms with Crippen molar-refractivity contribution >= 4 is 5.97 Å². The van der Waals surface area contributed by atoms with Crippen LogP contribution < -0.4 is 0 Å². The largest absolute Gasteiger partial charge is 0.478 e. The zero-order valence-corrected chi connectivity index (χ0v) is 11.2. The lowest BCUT2D eigenvalue weighted by Crippen LogP contribution is -2.22. The molecule has 0 saturated heterocycles. The van der Waals surface area contributed by atoms with Crippen LogP contribution in [0.3, 0.4) is 0 Å². The summed E-state index contributed by atoms with van der Waals surface area (Å²) in [6.07, 6.45) is 5.01. The molecule has 102 valence electrons. The van der Waals surface area contributed by atoms with E-state index >= 15 is 0 Å². The molecular formula is C12H17N5O2. The van der Waals surface area contributed by atoms with E-state index in [-0.39, 0.29) is 5.56 Å². The van der Waals surface area contributed by atoms with Gasteiger partial charge in [-0.05, 0) is 7.05 Å². The molecule has 0 fully saturated rings. The van der Waals surface area contributed by atoms with Gasteiger partial charge in [0.25, 0.3) is 0 Å². The van der Waals surface area contributed by atoms with E-state index in [0.29, 0.717) is 18.8 Å². The zero-order valence-electron chi connectivity index (χ0n) is 11.2. The van der Waals surface area contributed by atoms with Gasteiger partial charge in [0, 0.05) is 33.0 Å². The summed E-state index contributed by atoms with van der Waals surface area (Å²) in [6, 6.07) is 0. The van der Waals surface area contributed by atoms with Crippen LogP contribution in [0.25, 0.3) is 0 Å². The van der Waals surface area contributed by atoms with Gasteiger partial charge in [-0.3, -0.25) is 9.58 Å². The van der Waals surface area contributed by atoms with Crippen molar-refractivity contribution in [2.24, 2.45) is 14.1 Å². The molecule has 0 aliphatic heterocycles. The van der Waals surface area contributed by atoms with E-state index in [4.69, 9.17) is 5.11 Å². The van der Waals surface area contributed by atoms with Crippen molar-refractivity contribution in [2.45, 2.75) is 13.1 Å². The number of hydrogen-bond donors (Lipinski definition) is 1. The van der Waals surface area contributed by atoms with Crippen LogP contribution in [0.4, 0.5) is 0 Å². The monoisotopic (exact) mass is 263 g/mol. The average Bonchev–Trinajstić information content (AvgIpc) is 2.88. The maximum atomic E-state index is 11.1. The molecule has 0 atom stereocenters. The highest BCUT2D eigenvalue weighted by Crippen LogP contribution is 2.11. The molecule has 0 aliphatic carbocycles. The van der Waals surface area contributed by atoms with Gasteiger partial charge in [0.1, 0.15) is 11.4 Å². The number of nitrogens with zero attached hydrogens (tertiary/aromatic N) is 5. The number of aromatic nitrogens is 4. The molecule has 0 amide bonds. The standard InChI is InChI=1S/C12H17N5O2/c1-15(8-11-13-4-5-16(11)2)7-10-9(12(18)19)6-14-17(10)3/h4-6H,7-8H2,1-3H3,(H,18,19). The first kappa shape index (κ1) is 13.3. The van der Waals surface area contributed by atoms with Gasteiger partial charge in [-0.1, -0.05) is 0 Å². The normalized spacial score (nSPS) is 11.2. The van der Waals surface area contributed by atoms with Gasteiger partial charge in [-0.2, -0.15) is 5.10 Å². The van der Waals surface area contributed by atoms with Crippen LogP contribution in [0, 0.1) is 0 Å². The predicted molar refractivity (Wildman–Crippen MR) is 68.5 cm³/mol. The first-order chi connectivity index (χ1) is 8.99. The molecule has 0 aliphatic rings. The van der Waals surface area contributed by atoms with Crippen LogP contribution in [0.2, 0.25) is 0 Å². The van der Waals surface area contributed by atoms with Gasteiger partial charge >= 0.3 is 5.97 Å². The Morgan fingerprint density at radius 2 is 2.16 bits per heavy atom. The van der Waals surface area contributed by atoms with Crippen LogP contribution in [-0.2, 0) is 27.2 Å². The van der Waals surface area contributed by atoms with Crippen LogP contribution in [0.5, 0.6) is 0 Å². The first-order valence-electron chi connectivity index (χ1n) is 5.88. The minimum atomic E-state index is -0.950. The Balaban J connectivity index is 2.11. The quantitative estimate of drug-likeness (QED) is 0.849. The van der Waals surface area contributed by atoms with Crippen LogP contribution in [0.15, 0.2) is 18.6 Å². The Morgan fingerprint density at radius 1 is 1.42 bits per heavy atom. The van der Waals surface area contributed by atoms with E-state index in [1.54, 1.807) is 17.9 Å². The molecule has 0 aromatic carbocycles.